The summed E-state index contributed by atoms with van der Waals surface area (Å²) < 4.78 is 0. The zero-order valence-electron chi connectivity index (χ0n) is 11.3. The van der Waals surface area contributed by atoms with Crippen molar-refractivity contribution < 1.29 is 0 Å². The van der Waals surface area contributed by atoms with Crippen LogP contribution in [-0.4, -0.2) is 49.1 Å². The number of hydrogen-bond acceptors (Lipinski definition) is 2. The molecule has 2 unspecified atom stereocenters. The van der Waals surface area contributed by atoms with Gasteiger partial charge in [-0.25, -0.2) is 0 Å². The van der Waals surface area contributed by atoms with Crippen molar-refractivity contribution in [1.29, 1.82) is 0 Å². The van der Waals surface area contributed by atoms with Crippen molar-refractivity contribution in [2.24, 2.45) is 5.92 Å². The minimum absolute atomic E-state index is 0.745. The summed E-state index contributed by atoms with van der Waals surface area (Å²) in [4.78, 5) is 4.96. The predicted octanol–water partition coefficient (Wildman–Crippen LogP) is 2.45. The van der Waals surface area contributed by atoms with Gasteiger partial charge in [-0.1, -0.05) is 13.8 Å². The fraction of sp³-hybridized carbons (Fsp3) is 1.00. The zero-order valence-corrected chi connectivity index (χ0v) is 11.3. The summed E-state index contributed by atoms with van der Waals surface area (Å²) in [6.07, 6.45) is 3.97. The summed E-state index contributed by atoms with van der Waals surface area (Å²) >= 11 is 0. The molecule has 0 bridgehead atoms. The number of nitrogens with zero attached hydrogens (tertiary/aromatic N) is 2. The van der Waals surface area contributed by atoms with Gasteiger partial charge in [-0.15, -0.1) is 0 Å². The van der Waals surface area contributed by atoms with Gasteiger partial charge in [0.05, 0.1) is 0 Å². The molecular formula is C13H28N2. The summed E-state index contributed by atoms with van der Waals surface area (Å²) in [5.74, 6) is 0.861. The van der Waals surface area contributed by atoms with Crippen molar-refractivity contribution in [2.75, 3.05) is 21.1 Å². The van der Waals surface area contributed by atoms with Crippen LogP contribution in [0.4, 0.5) is 0 Å². The van der Waals surface area contributed by atoms with E-state index in [0.29, 0.717) is 0 Å². The molecule has 0 spiro atoms. The van der Waals surface area contributed by atoms with Gasteiger partial charge in [0.15, 0.2) is 0 Å². The van der Waals surface area contributed by atoms with Gasteiger partial charge in [-0.3, -0.25) is 0 Å². The maximum atomic E-state index is 2.58. The maximum absolute atomic E-state index is 2.58. The van der Waals surface area contributed by atoms with E-state index in [1.807, 2.05) is 0 Å². The molecule has 0 aromatic carbocycles. The van der Waals surface area contributed by atoms with E-state index in [4.69, 9.17) is 0 Å². The molecule has 15 heavy (non-hydrogen) atoms. The maximum Gasteiger partial charge on any atom is 0.0113 e. The van der Waals surface area contributed by atoms with Gasteiger partial charge in [0.2, 0.25) is 0 Å². The van der Waals surface area contributed by atoms with Crippen molar-refractivity contribution in [3.8, 4) is 0 Å². The molecule has 0 radical (unpaired) electrons. The summed E-state index contributed by atoms with van der Waals surface area (Å²) in [5.41, 5.74) is 0. The Kier molecular flexibility index (Phi) is 4.60. The molecule has 1 aliphatic heterocycles. The van der Waals surface area contributed by atoms with E-state index < -0.39 is 0 Å². The van der Waals surface area contributed by atoms with E-state index in [1.165, 1.54) is 19.3 Å². The molecule has 2 heteroatoms. The minimum atomic E-state index is 0.745. The highest BCUT2D eigenvalue weighted by Crippen LogP contribution is 2.31. The van der Waals surface area contributed by atoms with Gasteiger partial charge >= 0.3 is 0 Å². The van der Waals surface area contributed by atoms with Crippen LogP contribution >= 0.6 is 0 Å². The average Bonchev–Trinajstić information content (AvgIpc) is 2.42. The molecular weight excluding hydrogens is 184 g/mol. The molecule has 1 aliphatic rings. The number of likely N-dealkylation sites (tertiary alicyclic amines) is 1. The Bertz CT molecular complexity index is 191. The second-order valence-corrected chi connectivity index (χ2v) is 5.53. The van der Waals surface area contributed by atoms with Crippen LogP contribution in [0.1, 0.15) is 40.0 Å². The lowest BCUT2D eigenvalue weighted by Gasteiger charge is -2.30. The van der Waals surface area contributed by atoms with Crippen LogP contribution in [-0.2, 0) is 0 Å². The molecule has 1 rings (SSSR count). The lowest BCUT2D eigenvalue weighted by atomic mass is 9.98. The van der Waals surface area contributed by atoms with E-state index in [9.17, 15) is 0 Å². The molecule has 1 heterocycles. The van der Waals surface area contributed by atoms with Crippen LogP contribution in [0.3, 0.4) is 0 Å². The van der Waals surface area contributed by atoms with E-state index in [-0.39, 0.29) is 0 Å². The first-order valence-corrected chi connectivity index (χ1v) is 6.35. The molecule has 1 fully saturated rings. The van der Waals surface area contributed by atoms with Crippen molar-refractivity contribution >= 4 is 0 Å². The van der Waals surface area contributed by atoms with Gasteiger partial charge in [0.25, 0.3) is 0 Å². The van der Waals surface area contributed by atoms with Gasteiger partial charge in [-0.2, -0.15) is 0 Å². The molecule has 90 valence electrons. The summed E-state index contributed by atoms with van der Waals surface area (Å²) in [5, 5.41) is 0. The Hall–Kier alpha value is -0.0800. The number of rotatable bonds is 4. The second-order valence-electron chi connectivity index (χ2n) is 5.53. The van der Waals surface area contributed by atoms with Crippen molar-refractivity contribution in [3.63, 3.8) is 0 Å². The van der Waals surface area contributed by atoms with Crippen molar-refractivity contribution in [1.82, 2.24) is 9.80 Å². The Balaban J connectivity index is 2.51. The molecule has 0 aromatic rings. The SMILES string of the molecule is CCC(C[C@@H]1C[C@H](C)C(C)N1C)N(C)C. The molecule has 0 amide bonds. The Morgan fingerprint density at radius 1 is 1.33 bits per heavy atom. The van der Waals surface area contributed by atoms with Gasteiger partial charge in [0, 0.05) is 18.1 Å². The van der Waals surface area contributed by atoms with E-state index in [2.05, 4.69) is 51.7 Å². The standard InChI is InChI=1S/C13H28N2/c1-7-12(14(4)5)9-13-8-10(2)11(3)15(13)6/h10-13H,7-9H2,1-6H3/t10-,11?,12?,13-/m0/s1. The van der Waals surface area contributed by atoms with Crippen LogP contribution in [0.5, 0.6) is 0 Å². The fourth-order valence-corrected chi connectivity index (χ4v) is 2.85. The van der Waals surface area contributed by atoms with Crippen molar-refractivity contribution in [2.45, 2.75) is 58.2 Å². The Morgan fingerprint density at radius 3 is 2.27 bits per heavy atom. The quantitative estimate of drug-likeness (QED) is 0.706. The summed E-state index contributed by atoms with van der Waals surface area (Å²) in [6.45, 7) is 7.05. The molecule has 2 nitrogen and oxygen atoms in total. The lowest BCUT2D eigenvalue weighted by molar-refractivity contribution is 0.180. The Labute approximate surface area is 95.6 Å². The highest BCUT2D eigenvalue weighted by molar-refractivity contribution is 4.89. The average molecular weight is 212 g/mol. The topological polar surface area (TPSA) is 6.48 Å². The molecule has 0 aromatic heterocycles. The third kappa shape index (κ3) is 2.94. The molecule has 1 saturated heterocycles. The minimum Gasteiger partial charge on any atom is -0.306 e. The van der Waals surface area contributed by atoms with Gasteiger partial charge in [-0.05, 0) is 53.2 Å². The first kappa shape index (κ1) is 13.0. The van der Waals surface area contributed by atoms with E-state index >= 15 is 0 Å². The van der Waals surface area contributed by atoms with Crippen LogP contribution in [0.15, 0.2) is 0 Å². The lowest BCUT2D eigenvalue weighted by Crippen LogP contribution is -2.37. The smallest absolute Gasteiger partial charge is 0.0113 e. The van der Waals surface area contributed by atoms with Crippen LogP contribution in [0, 0.1) is 5.92 Å². The highest BCUT2D eigenvalue weighted by atomic mass is 15.2. The van der Waals surface area contributed by atoms with Gasteiger partial charge < -0.3 is 9.80 Å². The predicted molar refractivity (Wildman–Crippen MR) is 67.2 cm³/mol. The fourth-order valence-electron chi connectivity index (χ4n) is 2.85. The van der Waals surface area contributed by atoms with E-state index in [1.54, 1.807) is 0 Å². The van der Waals surface area contributed by atoms with Gasteiger partial charge in [0.1, 0.15) is 0 Å². The summed E-state index contributed by atoms with van der Waals surface area (Å²) in [6, 6.07) is 2.30. The zero-order chi connectivity index (χ0) is 11.6. The van der Waals surface area contributed by atoms with Crippen LogP contribution in [0.2, 0.25) is 0 Å². The molecule has 0 saturated carbocycles. The third-order valence-electron chi connectivity index (χ3n) is 4.43. The largest absolute Gasteiger partial charge is 0.306 e. The Morgan fingerprint density at radius 2 is 1.93 bits per heavy atom. The first-order valence-electron chi connectivity index (χ1n) is 6.35. The second kappa shape index (κ2) is 5.31. The third-order valence-corrected chi connectivity index (χ3v) is 4.43. The summed E-state index contributed by atoms with van der Waals surface area (Å²) in [7, 11) is 6.70. The molecule has 0 aliphatic carbocycles. The monoisotopic (exact) mass is 212 g/mol. The highest BCUT2D eigenvalue weighted by Gasteiger charge is 2.34. The normalized spacial score (nSPS) is 35.0. The van der Waals surface area contributed by atoms with Crippen molar-refractivity contribution in [3.05, 3.63) is 0 Å². The molecule has 0 N–H and O–H groups in total. The first-order chi connectivity index (χ1) is 6.97. The molecule has 4 atom stereocenters. The van der Waals surface area contributed by atoms with Crippen LogP contribution < -0.4 is 0 Å². The van der Waals surface area contributed by atoms with Crippen LogP contribution in [0.25, 0.3) is 0 Å². The number of hydrogen-bond donors (Lipinski definition) is 0. The van der Waals surface area contributed by atoms with E-state index in [0.717, 1.165) is 24.0 Å².